The van der Waals surface area contributed by atoms with Crippen LogP contribution in [-0.4, -0.2) is 35.3 Å². The maximum atomic E-state index is 13.8. The van der Waals surface area contributed by atoms with E-state index in [2.05, 4.69) is 4.98 Å². The molecule has 5 rings (SSSR count). The summed E-state index contributed by atoms with van der Waals surface area (Å²) in [6.07, 6.45) is 6.64. The van der Waals surface area contributed by atoms with E-state index in [0.29, 0.717) is 19.4 Å². The van der Waals surface area contributed by atoms with E-state index >= 15 is 0 Å². The predicted molar refractivity (Wildman–Crippen MR) is 137 cm³/mol. The Labute approximate surface area is 204 Å². The fourth-order valence-electron chi connectivity index (χ4n) is 4.93. The number of aromatic nitrogens is 1. The molecule has 3 aromatic carbocycles. The highest BCUT2D eigenvalue weighted by atomic mass is 32.2. The van der Waals surface area contributed by atoms with Crippen molar-refractivity contribution in [2.24, 2.45) is 0 Å². The smallest absolute Gasteiger partial charge is 0.328 e. The lowest BCUT2D eigenvalue weighted by Crippen LogP contribution is -2.35. The molecular formula is C28H26N2O4S. The third-order valence-electron chi connectivity index (χ3n) is 6.61. The molecule has 0 aliphatic heterocycles. The highest BCUT2D eigenvalue weighted by Crippen LogP contribution is 2.39. The first kappa shape index (κ1) is 23.1. The van der Waals surface area contributed by atoms with Crippen LogP contribution in [0.25, 0.3) is 17.0 Å². The summed E-state index contributed by atoms with van der Waals surface area (Å²) >= 11 is 0. The number of fused-ring (bicyclic) bond motifs is 2. The normalized spacial score (nSPS) is 15.7. The van der Waals surface area contributed by atoms with E-state index in [1.54, 1.807) is 34.6 Å². The quantitative estimate of drug-likeness (QED) is 0.336. The summed E-state index contributed by atoms with van der Waals surface area (Å²) in [7, 11) is -3.73. The number of sulfonamides is 1. The van der Waals surface area contributed by atoms with Gasteiger partial charge in [-0.05, 0) is 65.8 Å². The van der Waals surface area contributed by atoms with Crippen LogP contribution < -0.4 is 0 Å². The van der Waals surface area contributed by atoms with Gasteiger partial charge in [0.2, 0.25) is 10.0 Å². The number of nitrogens with zero attached hydrogens (tertiary/aromatic N) is 1. The van der Waals surface area contributed by atoms with Gasteiger partial charge < -0.3 is 10.1 Å². The van der Waals surface area contributed by atoms with E-state index in [-0.39, 0.29) is 10.9 Å². The van der Waals surface area contributed by atoms with Crippen molar-refractivity contribution in [2.75, 3.05) is 6.54 Å². The molecule has 1 atom stereocenters. The Morgan fingerprint density at radius 1 is 1.06 bits per heavy atom. The minimum Gasteiger partial charge on any atom is -0.478 e. The van der Waals surface area contributed by atoms with Gasteiger partial charge in [-0.1, -0.05) is 54.6 Å². The number of H-pyrrole nitrogens is 1. The molecule has 0 saturated carbocycles. The molecule has 0 fully saturated rings. The molecule has 178 valence electrons. The Kier molecular flexibility index (Phi) is 6.28. The van der Waals surface area contributed by atoms with Gasteiger partial charge in [-0.15, -0.1) is 0 Å². The molecule has 1 aliphatic rings. The molecule has 35 heavy (non-hydrogen) atoms. The van der Waals surface area contributed by atoms with E-state index in [9.17, 15) is 13.2 Å². The summed E-state index contributed by atoms with van der Waals surface area (Å²) in [6.45, 7) is 0.351. The molecule has 4 aromatic rings. The molecule has 1 aromatic heterocycles. The van der Waals surface area contributed by atoms with Crippen LogP contribution >= 0.6 is 0 Å². The van der Waals surface area contributed by atoms with Crippen LogP contribution in [0.5, 0.6) is 0 Å². The van der Waals surface area contributed by atoms with Crippen molar-refractivity contribution in [3.05, 3.63) is 107 Å². The molecule has 1 aliphatic carbocycles. The molecule has 0 saturated heterocycles. The van der Waals surface area contributed by atoms with Gasteiger partial charge in [0.05, 0.1) is 10.9 Å². The molecule has 0 spiro atoms. The van der Waals surface area contributed by atoms with Crippen molar-refractivity contribution in [3.8, 4) is 0 Å². The lowest BCUT2D eigenvalue weighted by atomic mass is 10.0. The van der Waals surface area contributed by atoms with Crippen molar-refractivity contribution < 1.29 is 18.3 Å². The Morgan fingerprint density at radius 2 is 1.83 bits per heavy atom. The predicted octanol–water partition coefficient (Wildman–Crippen LogP) is 5.19. The van der Waals surface area contributed by atoms with Crippen LogP contribution in [0.15, 0.2) is 90.0 Å². The number of para-hydroxylation sites is 1. The van der Waals surface area contributed by atoms with Crippen LogP contribution in [0.4, 0.5) is 0 Å². The zero-order valence-corrected chi connectivity index (χ0v) is 19.9. The van der Waals surface area contributed by atoms with Gasteiger partial charge in [0.15, 0.2) is 0 Å². The second kappa shape index (κ2) is 9.52. The Hall–Kier alpha value is -3.68. The Bertz CT molecular complexity index is 1510. The molecule has 0 amide bonds. The second-order valence-corrected chi connectivity index (χ2v) is 10.6. The number of aliphatic carboxylic acids is 1. The first-order chi connectivity index (χ1) is 16.9. The summed E-state index contributed by atoms with van der Waals surface area (Å²) < 4.78 is 29.3. The topological polar surface area (TPSA) is 90.5 Å². The van der Waals surface area contributed by atoms with Crippen molar-refractivity contribution in [3.63, 3.8) is 0 Å². The Morgan fingerprint density at radius 3 is 2.63 bits per heavy atom. The maximum Gasteiger partial charge on any atom is 0.328 e. The number of rotatable bonds is 8. The number of carboxylic acid groups (broad SMARTS) is 1. The molecule has 0 radical (unpaired) electrons. The lowest BCUT2D eigenvalue weighted by Gasteiger charge is -2.29. The third kappa shape index (κ3) is 4.65. The second-order valence-electron chi connectivity index (χ2n) is 8.72. The summed E-state index contributed by atoms with van der Waals surface area (Å²) in [5.41, 5.74) is 4.95. The average Bonchev–Trinajstić information content (AvgIpc) is 3.47. The van der Waals surface area contributed by atoms with E-state index < -0.39 is 16.0 Å². The van der Waals surface area contributed by atoms with Gasteiger partial charge in [0.25, 0.3) is 0 Å². The standard InChI is InChI=1S/C28H26N2O4S/c31-28(32)15-11-20-10-13-25-21(18-20)12-14-27(25)30(35(33,34)23-6-2-1-3-7-23)17-16-22-19-29-26-9-5-4-8-24(22)26/h1-11,13,15,18-19,27,29H,12,14,16-17H2,(H,31,32)/b15-11+. The fraction of sp³-hybridized carbons (Fsp3) is 0.179. The summed E-state index contributed by atoms with van der Waals surface area (Å²) in [5.74, 6) is -0.999. The molecule has 1 heterocycles. The van der Waals surface area contributed by atoms with Crippen molar-refractivity contribution in [2.45, 2.75) is 30.2 Å². The maximum absolute atomic E-state index is 13.8. The Balaban J connectivity index is 1.49. The molecule has 6 nitrogen and oxygen atoms in total. The number of carboxylic acids is 1. The zero-order valence-electron chi connectivity index (χ0n) is 19.1. The van der Waals surface area contributed by atoms with Crippen LogP contribution in [-0.2, 0) is 27.7 Å². The largest absolute Gasteiger partial charge is 0.478 e. The van der Waals surface area contributed by atoms with Gasteiger partial charge in [0.1, 0.15) is 0 Å². The SMILES string of the molecule is O=C(O)/C=C/c1ccc2c(c1)CCC2N(CCc1c[nH]c2ccccc12)S(=O)(=O)c1ccccc1. The number of hydrogen-bond acceptors (Lipinski definition) is 3. The van der Waals surface area contributed by atoms with Crippen molar-refractivity contribution in [1.82, 2.24) is 9.29 Å². The van der Waals surface area contributed by atoms with Gasteiger partial charge in [-0.2, -0.15) is 4.31 Å². The van der Waals surface area contributed by atoms with Crippen LogP contribution in [0.2, 0.25) is 0 Å². The van der Waals surface area contributed by atoms with Gasteiger partial charge in [-0.25, -0.2) is 13.2 Å². The van der Waals surface area contributed by atoms with Crippen molar-refractivity contribution in [1.29, 1.82) is 0 Å². The number of nitrogens with one attached hydrogen (secondary N) is 1. The average molecular weight is 487 g/mol. The monoisotopic (exact) mass is 486 g/mol. The molecule has 2 N–H and O–H groups in total. The molecular weight excluding hydrogens is 460 g/mol. The summed E-state index contributed by atoms with van der Waals surface area (Å²) in [4.78, 5) is 14.4. The number of aryl methyl sites for hydroxylation is 1. The highest BCUT2D eigenvalue weighted by Gasteiger charge is 2.36. The first-order valence-corrected chi connectivity index (χ1v) is 13.0. The molecule has 1 unspecified atom stereocenters. The molecule has 0 bridgehead atoms. The molecule has 7 heteroatoms. The first-order valence-electron chi connectivity index (χ1n) is 11.6. The van der Waals surface area contributed by atoms with Crippen LogP contribution in [0.3, 0.4) is 0 Å². The van der Waals surface area contributed by atoms with Gasteiger partial charge in [-0.3, -0.25) is 0 Å². The van der Waals surface area contributed by atoms with E-state index in [1.165, 1.54) is 0 Å². The van der Waals surface area contributed by atoms with E-state index in [0.717, 1.165) is 45.7 Å². The zero-order chi connectivity index (χ0) is 24.4. The fourth-order valence-corrected chi connectivity index (χ4v) is 6.58. The van der Waals surface area contributed by atoms with E-state index in [4.69, 9.17) is 5.11 Å². The van der Waals surface area contributed by atoms with Gasteiger partial charge >= 0.3 is 5.97 Å². The summed E-state index contributed by atoms with van der Waals surface area (Å²) in [5, 5.41) is 10.0. The van der Waals surface area contributed by atoms with Crippen molar-refractivity contribution >= 4 is 33.0 Å². The van der Waals surface area contributed by atoms with E-state index in [1.807, 2.05) is 54.7 Å². The van der Waals surface area contributed by atoms with Crippen LogP contribution in [0, 0.1) is 0 Å². The number of hydrogen-bond donors (Lipinski definition) is 2. The minimum atomic E-state index is -3.73. The number of aromatic amines is 1. The highest BCUT2D eigenvalue weighted by molar-refractivity contribution is 7.89. The third-order valence-corrected chi connectivity index (χ3v) is 8.53. The number of benzene rings is 3. The van der Waals surface area contributed by atoms with Crippen LogP contribution in [0.1, 0.15) is 34.7 Å². The minimum absolute atomic E-state index is 0.280. The summed E-state index contributed by atoms with van der Waals surface area (Å²) in [6, 6.07) is 22.1. The van der Waals surface area contributed by atoms with Gasteiger partial charge in [0, 0.05) is 29.7 Å². The lowest BCUT2D eigenvalue weighted by molar-refractivity contribution is -0.131. The number of carbonyl (C=O) groups is 1.